The summed E-state index contributed by atoms with van der Waals surface area (Å²) < 4.78 is 16.9. The summed E-state index contributed by atoms with van der Waals surface area (Å²) in [5.41, 5.74) is 0. The topological polar surface area (TPSA) is 78.9 Å². The molecule has 0 radical (unpaired) electrons. The van der Waals surface area contributed by atoms with Gasteiger partial charge >= 0.3 is 17.9 Å². The fourth-order valence-electron chi connectivity index (χ4n) is 9.86. The van der Waals surface area contributed by atoms with E-state index < -0.39 is 6.10 Å². The smallest absolute Gasteiger partial charge is 0.306 e. The fraction of sp³-hybridized carbons (Fsp3) is 0.952. The predicted octanol–water partition coefficient (Wildman–Crippen LogP) is 21.1. The molecule has 0 heterocycles. The van der Waals surface area contributed by atoms with Crippen molar-refractivity contribution in [1.82, 2.24) is 0 Å². The maximum atomic E-state index is 12.9. The molecule has 0 bridgehead atoms. The largest absolute Gasteiger partial charge is 0.462 e. The minimum atomic E-state index is -0.761. The Hall–Kier alpha value is -1.59. The van der Waals surface area contributed by atoms with E-state index in [1.165, 1.54) is 270 Å². The van der Waals surface area contributed by atoms with Gasteiger partial charge in [0.2, 0.25) is 0 Å². The van der Waals surface area contributed by atoms with Crippen molar-refractivity contribution in [3.05, 3.63) is 0 Å². The van der Waals surface area contributed by atoms with Crippen LogP contribution in [0.4, 0.5) is 0 Å². The van der Waals surface area contributed by atoms with Gasteiger partial charge < -0.3 is 14.2 Å². The van der Waals surface area contributed by atoms with Crippen LogP contribution in [0.15, 0.2) is 0 Å². The lowest BCUT2D eigenvalue weighted by Gasteiger charge is -2.18. The number of ether oxygens (including phenoxy) is 3. The van der Waals surface area contributed by atoms with Crippen LogP contribution in [-0.2, 0) is 28.6 Å². The molecule has 0 rings (SSSR count). The highest BCUT2D eigenvalue weighted by atomic mass is 16.6. The van der Waals surface area contributed by atoms with Crippen LogP contribution in [0, 0.1) is 0 Å². The Balaban J connectivity index is 4.14. The quantitative estimate of drug-likeness (QED) is 0.0343. The molecular formula is C63H122O6. The van der Waals surface area contributed by atoms with E-state index >= 15 is 0 Å². The first-order valence-corrected chi connectivity index (χ1v) is 31.5. The molecule has 69 heavy (non-hydrogen) atoms. The van der Waals surface area contributed by atoms with Crippen molar-refractivity contribution in [1.29, 1.82) is 0 Å². The summed E-state index contributed by atoms with van der Waals surface area (Å²) in [4.78, 5) is 38.2. The second-order valence-corrected chi connectivity index (χ2v) is 21.7. The number of esters is 3. The Morgan fingerprint density at radius 1 is 0.232 bits per heavy atom. The van der Waals surface area contributed by atoms with Gasteiger partial charge in [-0.1, -0.05) is 329 Å². The summed E-state index contributed by atoms with van der Waals surface area (Å²) in [5, 5.41) is 0. The van der Waals surface area contributed by atoms with E-state index in [4.69, 9.17) is 14.2 Å². The molecule has 6 nitrogen and oxygen atoms in total. The standard InChI is InChI=1S/C63H122O6/c1-4-7-10-13-16-19-22-24-26-27-28-29-30-31-32-33-34-35-37-38-41-44-47-50-53-56-62(65)68-59-60(58-67-61(64)55-52-49-46-43-40-21-18-15-12-9-6-3)69-63(66)57-54-51-48-45-42-39-36-25-23-20-17-14-11-8-5-2/h60H,4-59H2,1-3H3. The van der Waals surface area contributed by atoms with E-state index in [0.717, 1.165) is 57.8 Å². The van der Waals surface area contributed by atoms with Gasteiger partial charge in [-0.05, 0) is 19.3 Å². The van der Waals surface area contributed by atoms with Crippen LogP contribution in [-0.4, -0.2) is 37.2 Å². The first-order chi connectivity index (χ1) is 34.0. The van der Waals surface area contributed by atoms with Crippen LogP contribution >= 0.6 is 0 Å². The molecule has 0 aromatic rings. The summed E-state index contributed by atoms with van der Waals surface area (Å²) in [6.45, 7) is 6.71. The number of hydrogen-bond acceptors (Lipinski definition) is 6. The molecule has 0 aliphatic rings. The van der Waals surface area contributed by atoms with Crippen molar-refractivity contribution >= 4 is 17.9 Å². The van der Waals surface area contributed by atoms with E-state index in [-0.39, 0.29) is 31.1 Å². The predicted molar refractivity (Wildman–Crippen MR) is 298 cm³/mol. The van der Waals surface area contributed by atoms with Crippen molar-refractivity contribution < 1.29 is 28.6 Å². The lowest BCUT2D eigenvalue weighted by atomic mass is 10.0. The lowest BCUT2D eigenvalue weighted by molar-refractivity contribution is -0.167. The number of rotatable bonds is 59. The number of carbonyl (C=O) groups excluding carboxylic acids is 3. The average molecular weight is 976 g/mol. The highest BCUT2D eigenvalue weighted by molar-refractivity contribution is 5.71. The number of carbonyl (C=O) groups is 3. The van der Waals surface area contributed by atoms with Gasteiger partial charge in [0.05, 0.1) is 0 Å². The van der Waals surface area contributed by atoms with Crippen LogP contribution in [0.2, 0.25) is 0 Å². The zero-order chi connectivity index (χ0) is 50.0. The van der Waals surface area contributed by atoms with Crippen LogP contribution < -0.4 is 0 Å². The zero-order valence-electron chi connectivity index (χ0n) is 47.1. The van der Waals surface area contributed by atoms with Gasteiger partial charge in [0.1, 0.15) is 13.2 Å². The van der Waals surface area contributed by atoms with Gasteiger partial charge in [0, 0.05) is 19.3 Å². The third-order valence-corrected chi connectivity index (χ3v) is 14.6. The van der Waals surface area contributed by atoms with Crippen LogP contribution in [0.5, 0.6) is 0 Å². The Morgan fingerprint density at radius 3 is 0.580 bits per heavy atom. The molecule has 0 N–H and O–H groups in total. The van der Waals surface area contributed by atoms with Gasteiger partial charge in [-0.15, -0.1) is 0 Å². The normalized spacial score (nSPS) is 11.9. The molecule has 0 aliphatic carbocycles. The Kier molecular flexibility index (Phi) is 57.6. The molecule has 0 aliphatic heterocycles. The van der Waals surface area contributed by atoms with Crippen LogP contribution in [0.3, 0.4) is 0 Å². The first kappa shape index (κ1) is 67.4. The third kappa shape index (κ3) is 57.2. The summed E-state index contributed by atoms with van der Waals surface area (Å²) in [5.74, 6) is -0.830. The van der Waals surface area contributed by atoms with Crippen molar-refractivity contribution in [2.24, 2.45) is 0 Å². The minimum Gasteiger partial charge on any atom is -0.462 e. The van der Waals surface area contributed by atoms with Crippen molar-refractivity contribution in [2.45, 2.75) is 374 Å². The molecule has 0 fully saturated rings. The average Bonchev–Trinajstić information content (AvgIpc) is 3.35. The Morgan fingerprint density at radius 2 is 0.391 bits per heavy atom. The van der Waals surface area contributed by atoms with Gasteiger partial charge in [0.15, 0.2) is 6.10 Å². The van der Waals surface area contributed by atoms with Gasteiger partial charge in [-0.2, -0.15) is 0 Å². The van der Waals surface area contributed by atoms with E-state index in [1.807, 2.05) is 0 Å². The molecule has 0 aromatic carbocycles. The molecule has 0 aromatic heterocycles. The zero-order valence-corrected chi connectivity index (χ0v) is 47.1. The van der Waals surface area contributed by atoms with Crippen LogP contribution in [0.1, 0.15) is 367 Å². The number of hydrogen-bond donors (Lipinski definition) is 0. The van der Waals surface area contributed by atoms with E-state index in [2.05, 4.69) is 20.8 Å². The monoisotopic (exact) mass is 975 g/mol. The maximum absolute atomic E-state index is 12.9. The molecule has 1 atom stereocenters. The number of unbranched alkanes of at least 4 members (excludes halogenated alkanes) is 48. The SMILES string of the molecule is CCCCCCCCCCCCCCCCCCCCCCCCCCCC(=O)OCC(COC(=O)CCCCCCCCCCCCC)OC(=O)CCCCCCCCCCCCCCCCC. The molecule has 1 unspecified atom stereocenters. The molecule has 0 amide bonds. The lowest BCUT2D eigenvalue weighted by Crippen LogP contribution is -2.30. The summed E-state index contributed by atoms with van der Waals surface area (Å²) in [6.07, 6.45) is 66.9. The molecule has 0 spiro atoms. The van der Waals surface area contributed by atoms with Gasteiger partial charge in [0.25, 0.3) is 0 Å². The van der Waals surface area contributed by atoms with E-state index in [1.54, 1.807) is 0 Å². The first-order valence-electron chi connectivity index (χ1n) is 31.5. The molecule has 410 valence electrons. The summed E-state index contributed by atoms with van der Waals surface area (Å²) in [6, 6.07) is 0. The van der Waals surface area contributed by atoms with Crippen molar-refractivity contribution in [2.75, 3.05) is 13.2 Å². The van der Waals surface area contributed by atoms with E-state index in [0.29, 0.717) is 19.3 Å². The van der Waals surface area contributed by atoms with Crippen molar-refractivity contribution in [3.8, 4) is 0 Å². The molecule has 0 saturated heterocycles. The Labute approximate surface area is 431 Å². The maximum Gasteiger partial charge on any atom is 0.306 e. The van der Waals surface area contributed by atoms with Crippen molar-refractivity contribution in [3.63, 3.8) is 0 Å². The van der Waals surface area contributed by atoms with Gasteiger partial charge in [-0.25, -0.2) is 0 Å². The van der Waals surface area contributed by atoms with Crippen LogP contribution in [0.25, 0.3) is 0 Å². The molecular weight excluding hydrogens is 853 g/mol. The van der Waals surface area contributed by atoms with E-state index in [9.17, 15) is 14.4 Å². The summed E-state index contributed by atoms with van der Waals surface area (Å²) >= 11 is 0. The third-order valence-electron chi connectivity index (χ3n) is 14.6. The highest BCUT2D eigenvalue weighted by Gasteiger charge is 2.19. The highest BCUT2D eigenvalue weighted by Crippen LogP contribution is 2.18. The second kappa shape index (κ2) is 59.0. The Bertz CT molecular complexity index is 1030. The summed E-state index contributed by atoms with van der Waals surface area (Å²) in [7, 11) is 0. The molecule has 0 saturated carbocycles. The van der Waals surface area contributed by atoms with Gasteiger partial charge in [-0.3, -0.25) is 14.4 Å². The minimum absolute atomic E-state index is 0.0609. The second-order valence-electron chi connectivity index (χ2n) is 21.7. The molecule has 6 heteroatoms. The fourth-order valence-corrected chi connectivity index (χ4v) is 9.86.